The molecule has 0 atom stereocenters. The third kappa shape index (κ3) is 4.07. The third-order valence-corrected chi connectivity index (χ3v) is 4.89. The van der Waals surface area contributed by atoms with E-state index in [1.807, 2.05) is 32.0 Å². The van der Waals surface area contributed by atoms with Crippen molar-refractivity contribution in [2.75, 3.05) is 0 Å². The van der Waals surface area contributed by atoms with Crippen LogP contribution in [0.4, 0.5) is 0 Å². The zero-order valence-electron chi connectivity index (χ0n) is 14.2. The Morgan fingerprint density at radius 3 is 2.31 bits per heavy atom. The van der Waals surface area contributed by atoms with E-state index >= 15 is 0 Å². The van der Waals surface area contributed by atoms with Crippen molar-refractivity contribution in [3.05, 3.63) is 53.6 Å². The van der Waals surface area contributed by atoms with E-state index in [9.17, 15) is 8.42 Å². The molecular formula is C18H18ClN3O3S. The van der Waals surface area contributed by atoms with Crippen LogP contribution in [0.5, 0.6) is 5.75 Å². The first kappa shape index (κ1) is 18.4. The Labute approximate surface area is 157 Å². The number of aromatic amines is 1. The molecule has 0 unspecified atom stereocenters. The molecule has 0 saturated heterocycles. The summed E-state index contributed by atoms with van der Waals surface area (Å²) in [6.45, 7) is 3.87. The lowest BCUT2D eigenvalue weighted by Gasteiger charge is -2.11. The number of hydrogen-bond acceptors (Lipinski definition) is 4. The van der Waals surface area contributed by atoms with Crippen LogP contribution in [0, 0.1) is 0 Å². The minimum Gasteiger partial charge on any atom is -0.489 e. The summed E-state index contributed by atoms with van der Waals surface area (Å²) in [7, 11) is -3.71. The summed E-state index contributed by atoms with van der Waals surface area (Å²) in [5.41, 5.74) is 3.10. The number of aromatic nitrogens is 2. The highest BCUT2D eigenvalue weighted by Gasteiger charge is 2.11. The van der Waals surface area contributed by atoms with E-state index in [2.05, 4.69) is 10.2 Å². The number of benzene rings is 2. The molecule has 0 fully saturated rings. The molecule has 0 bridgehead atoms. The molecule has 0 aliphatic heterocycles. The van der Waals surface area contributed by atoms with E-state index < -0.39 is 10.0 Å². The molecule has 3 aromatic rings. The smallest absolute Gasteiger partial charge is 0.238 e. The first-order chi connectivity index (χ1) is 12.2. The fourth-order valence-corrected chi connectivity index (χ4v) is 3.19. The Balaban J connectivity index is 1.87. The first-order valence-corrected chi connectivity index (χ1v) is 9.81. The van der Waals surface area contributed by atoms with Crippen molar-refractivity contribution in [1.82, 2.24) is 10.2 Å². The second kappa shape index (κ2) is 7.11. The Kier molecular flexibility index (Phi) is 5.04. The van der Waals surface area contributed by atoms with E-state index in [-0.39, 0.29) is 11.0 Å². The maximum atomic E-state index is 11.3. The maximum absolute atomic E-state index is 11.3. The molecule has 0 radical (unpaired) electrons. The number of hydrogen-bond donors (Lipinski definition) is 2. The van der Waals surface area contributed by atoms with E-state index in [1.54, 1.807) is 18.2 Å². The fraction of sp³-hybridized carbons (Fsp3) is 0.167. The number of nitrogens with one attached hydrogen (secondary N) is 1. The highest BCUT2D eigenvalue weighted by Crippen LogP contribution is 2.31. The van der Waals surface area contributed by atoms with Gasteiger partial charge in [-0.05, 0) is 55.8 Å². The van der Waals surface area contributed by atoms with Crippen LogP contribution in [-0.4, -0.2) is 24.7 Å². The van der Waals surface area contributed by atoms with Gasteiger partial charge in [0.15, 0.2) is 0 Å². The third-order valence-electron chi connectivity index (χ3n) is 3.66. The minimum absolute atomic E-state index is 0.0376. The van der Waals surface area contributed by atoms with Gasteiger partial charge in [-0.3, -0.25) is 5.10 Å². The van der Waals surface area contributed by atoms with Crippen molar-refractivity contribution in [3.8, 4) is 28.3 Å². The molecule has 8 heteroatoms. The quantitative estimate of drug-likeness (QED) is 0.690. The van der Waals surface area contributed by atoms with Gasteiger partial charge in [-0.2, -0.15) is 5.10 Å². The minimum atomic E-state index is -3.71. The van der Waals surface area contributed by atoms with Crippen molar-refractivity contribution >= 4 is 21.6 Å². The van der Waals surface area contributed by atoms with E-state index in [0.29, 0.717) is 16.5 Å². The first-order valence-electron chi connectivity index (χ1n) is 7.89. The van der Waals surface area contributed by atoms with Crippen LogP contribution < -0.4 is 9.88 Å². The van der Waals surface area contributed by atoms with Gasteiger partial charge in [0, 0.05) is 5.56 Å². The molecule has 0 spiro atoms. The summed E-state index contributed by atoms with van der Waals surface area (Å²) < 4.78 is 28.3. The Morgan fingerprint density at radius 1 is 1.08 bits per heavy atom. The van der Waals surface area contributed by atoms with Crippen molar-refractivity contribution < 1.29 is 13.2 Å². The van der Waals surface area contributed by atoms with Crippen LogP contribution in [0.1, 0.15) is 13.8 Å². The van der Waals surface area contributed by atoms with Crippen molar-refractivity contribution in [2.24, 2.45) is 5.14 Å². The number of ether oxygens (including phenoxy) is 1. The number of sulfonamides is 1. The number of halogens is 1. The summed E-state index contributed by atoms with van der Waals surface area (Å²) in [6, 6.07) is 13.6. The van der Waals surface area contributed by atoms with Crippen LogP contribution >= 0.6 is 11.6 Å². The van der Waals surface area contributed by atoms with Crippen LogP contribution in [0.15, 0.2) is 53.4 Å². The number of nitrogens with two attached hydrogens (primary N) is 1. The van der Waals surface area contributed by atoms with Gasteiger partial charge in [0.2, 0.25) is 10.0 Å². The van der Waals surface area contributed by atoms with E-state index in [4.69, 9.17) is 21.5 Å². The van der Waals surface area contributed by atoms with Crippen molar-refractivity contribution in [3.63, 3.8) is 0 Å². The predicted molar refractivity (Wildman–Crippen MR) is 102 cm³/mol. The largest absolute Gasteiger partial charge is 0.489 e. The molecule has 0 amide bonds. The molecule has 6 nitrogen and oxygen atoms in total. The molecule has 3 N–H and O–H groups in total. The fourth-order valence-electron chi connectivity index (χ4n) is 2.45. The number of rotatable bonds is 5. The Morgan fingerprint density at radius 2 is 1.73 bits per heavy atom. The molecule has 136 valence electrons. The SMILES string of the molecule is CC(C)Oc1ccc(-c2cc(-c3ccc(S(N)(=O)=O)cc3)[nH]n2)cc1Cl. The summed E-state index contributed by atoms with van der Waals surface area (Å²) in [5, 5.41) is 12.9. The lowest BCUT2D eigenvalue weighted by atomic mass is 10.1. The second-order valence-corrected chi connectivity index (χ2v) is 8.02. The molecule has 2 aromatic carbocycles. The summed E-state index contributed by atoms with van der Waals surface area (Å²) in [6.07, 6.45) is 0.0376. The monoisotopic (exact) mass is 391 g/mol. The van der Waals surface area contributed by atoms with Crippen molar-refractivity contribution in [2.45, 2.75) is 24.8 Å². The van der Waals surface area contributed by atoms with Gasteiger partial charge in [0.25, 0.3) is 0 Å². The van der Waals surface area contributed by atoms with Gasteiger partial charge in [0.05, 0.1) is 27.4 Å². The van der Waals surface area contributed by atoms with E-state index in [1.165, 1.54) is 12.1 Å². The van der Waals surface area contributed by atoms with Gasteiger partial charge in [0.1, 0.15) is 5.75 Å². The van der Waals surface area contributed by atoms with E-state index in [0.717, 1.165) is 16.8 Å². The molecule has 1 heterocycles. The van der Waals surface area contributed by atoms with Crippen LogP contribution in [0.3, 0.4) is 0 Å². The highest BCUT2D eigenvalue weighted by molar-refractivity contribution is 7.89. The number of primary sulfonamides is 1. The Bertz CT molecular complexity index is 1030. The number of H-pyrrole nitrogens is 1. The summed E-state index contributed by atoms with van der Waals surface area (Å²) in [5.74, 6) is 0.625. The maximum Gasteiger partial charge on any atom is 0.238 e. The lowest BCUT2D eigenvalue weighted by Crippen LogP contribution is -2.11. The van der Waals surface area contributed by atoms with Crippen LogP contribution in [0.2, 0.25) is 5.02 Å². The Hall–Kier alpha value is -2.35. The molecule has 0 saturated carbocycles. The average molecular weight is 392 g/mol. The van der Waals surface area contributed by atoms with Crippen LogP contribution in [-0.2, 0) is 10.0 Å². The van der Waals surface area contributed by atoms with Gasteiger partial charge >= 0.3 is 0 Å². The van der Waals surface area contributed by atoms with Crippen LogP contribution in [0.25, 0.3) is 22.5 Å². The topological polar surface area (TPSA) is 98.1 Å². The summed E-state index contributed by atoms with van der Waals surface area (Å²) in [4.78, 5) is 0.0634. The zero-order valence-corrected chi connectivity index (χ0v) is 15.8. The van der Waals surface area contributed by atoms with Gasteiger partial charge in [-0.15, -0.1) is 0 Å². The molecule has 1 aromatic heterocycles. The zero-order chi connectivity index (χ0) is 18.9. The standard InChI is InChI=1S/C18H18ClN3O3S/c1-11(2)25-18-8-5-13(9-15(18)19)17-10-16(21-22-17)12-3-6-14(7-4-12)26(20,23)24/h3-11H,1-2H3,(H,21,22)(H2,20,23,24). The normalized spacial score (nSPS) is 11.7. The molecule has 0 aliphatic rings. The van der Waals surface area contributed by atoms with Gasteiger partial charge in [-0.1, -0.05) is 23.7 Å². The average Bonchev–Trinajstić information content (AvgIpc) is 3.06. The molecular weight excluding hydrogens is 374 g/mol. The lowest BCUT2D eigenvalue weighted by molar-refractivity contribution is 0.242. The van der Waals surface area contributed by atoms with Gasteiger partial charge in [-0.25, -0.2) is 13.6 Å². The summed E-state index contributed by atoms with van der Waals surface area (Å²) >= 11 is 6.28. The predicted octanol–water partition coefficient (Wildman–Crippen LogP) is 3.83. The highest BCUT2D eigenvalue weighted by atomic mass is 35.5. The second-order valence-electron chi connectivity index (χ2n) is 6.05. The van der Waals surface area contributed by atoms with Gasteiger partial charge < -0.3 is 4.74 Å². The molecule has 26 heavy (non-hydrogen) atoms. The molecule has 0 aliphatic carbocycles. The van der Waals surface area contributed by atoms with Crippen molar-refractivity contribution in [1.29, 1.82) is 0 Å². The number of nitrogens with zero attached hydrogens (tertiary/aromatic N) is 1. The molecule has 3 rings (SSSR count).